The van der Waals surface area contributed by atoms with Crippen LogP contribution in [0.2, 0.25) is 10.0 Å². The summed E-state index contributed by atoms with van der Waals surface area (Å²) in [5, 5.41) is 4.70. The predicted molar refractivity (Wildman–Crippen MR) is 226 cm³/mol. The van der Waals surface area contributed by atoms with Gasteiger partial charge in [-0.3, -0.25) is 4.79 Å². The van der Waals surface area contributed by atoms with E-state index < -0.39 is 0 Å². The van der Waals surface area contributed by atoms with Gasteiger partial charge in [0.25, 0.3) is 5.91 Å². The molecule has 0 radical (unpaired) electrons. The molecule has 6 nitrogen and oxygen atoms in total. The smallest absolute Gasteiger partial charge is 0.264 e. The molecule has 0 spiro atoms. The maximum Gasteiger partial charge on any atom is 0.264 e. The van der Waals surface area contributed by atoms with Gasteiger partial charge in [-0.1, -0.05) is 89.9 Å². The van der Waals surface area contributed by atoms with Crippen LogP contribution in [0.25, 0.3) is 6.08 Å². The summed E-state index contributed by atoms with van der Waals surface area (Å²) < 4.78 is 13.1. The third-order valence-electron chi connectivity index (χ3n) is 9.90. The fourth-order valence-corrected chi connectivity index (χ4v) is 9.60. The molecule has 0 aliphatic carbocycles. The number of carbonyl (C=O) groups is 1. The van der Waals surface area contributed by atoms with E-state index in [0.29, 0.717) is 38.2 Å². The quantitative estimate of drug-likeness (QED) is 0.118. The third kappa shape index (κ3) is 7.69. The number of carbonyl (C=O) groups excluding carboxylic acids is 1. The monoisotopic (exact) mass is 871 g/mol. The Hall–Kier alpha value is -3.96. The van der Waals surface area contributed by atoms with Crippen LogP contribution in [0.5, 0.6) is 11.5 Å². The van der Waals surface area contributed by atoms with E-state index in [4.69, 9.17) is 37.7 Å². The minimum Gasteiger partial charge on any atom is -0.490 e. The number of hydrogen-bond acceptors (Lipinski definition) is 6. The van der Waals surface area contributed by atoms with E-state index in [1.807, 2.05) is 31.2 Å². The number of aliphatic imine (C=N–C) groups is 1. The van der Waals surface area contributed by atoms with Crippen LogP contribution in [0.1, 0.15) is 65.0 Å². The molecule has 5 aromatic carbocycles. The number of amides is 1. The van der Waals surface area contributed by atoms with E-state index in [1.54, 1.807) is 12.1 Å². The van der Waals surface area contributed by atoms with Crippen LogP contribution in [0.15, 0.2) is 113 Å². The normalized spacial score (nSPS) is 19.3. The first-order valence-corrected chi connectivity index (χ1v) is 20.3. The van der Waals surface area contributed by atoms with Crippen molar-refractivity contribution in [2.24, 2.45) is 4.99 Å². The lowest BCUT2D eigenvalue weighted by Crippen LogP contribution is -2.37. The van der Waals surface area contributed by atoms with Gasteiger partial charge in [0, 0.05) is 46.2 Å². The first-order valence-electron chi connectivity index (χ1n) is 17.7. The molecule has 1 saturated heterocycles. The van der Waals surface area contributed by atoms with Crippen LogP contribution < -0.4 is 19.7 Å². The minimum absolute atomic E-state index is 0.186. The number of nitrogens with zero attached hydrogens (tertiary/aromatic N) is 2. The Morgan fingerprint density at radius 2 is 1.55 bits per heavy atom. The van der Waals surface area contributed by atoms with Gasteiger partial charge >= 0.3 is 0 Å². The van der Waals surface area contributed by atoms with Gasteiger partial charge in [0.1, 0.15) is 6.61 Å². The van der Waals surface area contributed by atoms with Crippen LogP contribution in [0.3, 0.4) is 0 Å². The van der Waals surface area contributed by atoms with Crippen molar-refractivity contribution < 1.29 is 14.3 Å². The van der Waals surface area contributed by atoms with E-state index in [2.05, 4.69) is 106 Å². The largest absolute Gasteiger partial charge is 0.490 e. The van der Waals surface area contributed by atoms with Crippen molar-refractivity contribution in [2.75, 3.05) is 24.6 Å². The van der Waals surface area contributed by atoms with Crippen LogP contribution in [0, 0.1) is 3.57 Å². The lowest BCUT2D eigenvalue weighted by atomic mass is 9.76. The molecule has 5 aromatic rings. The van der Waals surface area contributed by atoms with Gasteiger partial charge in [-0.2, -0.15) is 0 Å². The van der Waals surface area contributed by atoms with Crippen LogP contribution >= 0.6 is 57.6 Å². The van der Waals surface area contributed by atoms with Crippen molar-refractivity contribution in [3.8, 4) is 11.5 Å². The zero-order valence-electron chi connectivity index (χ0n) is 29.0. The molecule has 0 bridgehead atoms. The van der Waals surface area contributed by atoms with Gasteiger partial charge < -0.3 is 19.7 Å². The van der Waals surface area contributed by atoms with E-state index >= 15 is 0 Å². The highest BCUT2D eigenvalue weighted by Crippen LogP contribution is 2.50. The summed E-state index contributed by atoms with van der Waals surface area (Å²) in [4.78, 5) is 21.6. The van der Waals surface area contributed by atoms with E-state index in [0.717, 1.165) is 46.3 Å². The molecule has 268 valence electrons. The molecule has 1 amide bonds. The number of nitrogens with one attached hydrogen (secondary N) is 1. The van der Waals surface area contributed by atoms with Gasteiger partial charge in [-0.15, -0.1) is 0 Å². The van der Waals surface area contributed by atoms with Crippen molar-refractivity contribution >= 4 is 86.1 Å². The molecular weight excluding hydrogens is 836 g/mol. The van der Waals surface area contributed by atoms with Crippen molar-refractivity contribution in [3.63, 3.8) is 0 Å². The zero-order valence-corrected chi connectivity index (χ0v) is 33.4. The summed E-state index contributed by atoms with van der Waals surface area (Å²) in [6.45, 7) is 4.70. The standard InChI is InChI=1S/C43H36Cl2IN3O3S/c1-2-51-38-20-26(19-37(46)41(38)52-25-29-13-14-30(44)22-36(29)45)21-39-42(50)48-43(53-39)47-31-23-34-32(27-9-5-3-6-10-27)15-17-49-18-16-33(35(24-31)40(34)49)28-11-7-4-8-12-28/h3-14,19-24,32-33H,2,15-18,25H2,1H3,(H,47,48,50)/b39-21-/t32-,33-/m0/s1. The first-order chi connectivity index (χ1) is 25.8. The highest BCUT2D eigenvalue weighted by molar-refractivity contribution is 14.1. The van der Waals surface area contributed by atoms with Gasteiger partial charge in [0.15, 0.2) is 16.7 Å². The highest BCUT2D eigenvalue weighted by atomic mass is 127. The second-order valence-electron chi connectivity index (χ2n) is 13.2. The Balaban J connectivity index is 1.11. The summed E-state index contributed by atoms with van der Waals surface area (Å²) >= 11 is 16.1. The van der Waals surface area contributed by atoms with Crippen LogP contribution in [-0.4, -0.2) is 30.8 Å². The molecule has 3 aliphatic rings. The van der Waals surface area contributed by atoms with Gasteiger partial charge in [-0.05, 0) is 124 Å². The lowest BCUT2D eigenvalue weighted by molar-refractivity contribution is -0.115. The summed E-state index contributed by atoms with van der Waals surface area (Å²) in [5.74, 6) is 1.56. The fraction of sp³-hybridized carbons (Fsp3) is 0.209. The number of ether oxygens (including phenoxy) is 2. The molecule has 10 heteroatoms. The Labute approximate surface area is 337 Å². The maximum atomic E-state index is 13.4. The highest BCUT2D eigenvalue weighted by Gasteiger charge is 2.35. The summed E-state index contributed by atoms with van der Waals surface area (Å²) in [6.07, 6.45) is 3.97. The molecule has 1 fully saturated rings. The van der Waals surface area contributed by atoms with Gasteiger partial charge in [-0.25, -0.2) is 4.99 Å². The van der Waals surface area contributed by atoms with Crippen LogP contribution in [0.4, 0.5) is 11.4 Å². The summed E-state index contributed by atoms with van der Waals surface area (Å²) in [7, 11) is 0. The number of rotatable bonds is 9. The van der Waals surface area contributed by atoms with Crippen molar-refractivity contribution in [1.82, 2.24) is 5.32 Å². The predicted octanol–water partition coefficient (Wildman–Crippen LogP) is 11.3. The topological polar surface area (TPSA) is 63.2 Å². The molecule has 53 heavy (non-hydrogen) atoms. The molecule has 0 saturated carbocycles. The number of hydrogen-bond donors (Lipinski definition) is 1. The molecule has 2 atom stereocenters. The maximum absolute atomic E-state index is 13.4. The fourth-order valence-electron chi connectivity index (χ4n) is 7.52. The molecule has 0 unspecified atom stereocenters. The number of amidine groups is 1. The molecule has 0 aromatic heterocycles. The molecular formula is C43H36Cl2IN3O3S. The Bertz CT molecular complexity index is 2180. The minimum atomic E-state index is -0.186. The summed E-state index contributed by atoms with van der Waals surface area (Å²) in [5.41, 5.74) is 9.10. The van der Waals surface area contributed by atoms with Gasteiger partial charge in [0.05, 0.1) is 20.8 Å². The van der Waals surface area contributed by atoms with E-state index in [9.17, 15) is 4.79 Å². The second-order valence-corrected chi connectivity index (χ2v) is 16.3. The summed E-state index contributed by atoms with van der Waals surface area (Å²) in [6, 6.07) is 35.3. The zero-order chi connectivity index (χ0) is 36.5. The Morgan fingerprint density at radius 3 is 2.17 bits per heavy atom. The molecule has 3 heterocycles. The first kappa shape index (κ1) is 36.0. The average molecular weight is 873 g/mol. The van der Waals surface area contributed by atoms with Crippen LogP contribution in [-0.2, 0) is 11.4 Å². The van der Waals surface area contributed by atoms with Crippen molar-refractivity contribution in [2.45, 2.75) is 38.2 Å². The average Bonchev–Trinajstić information content (AvgIpc) is 3.50. The lowest BCUT2D eigenvalue weighted by Gasteiger charge is -2.43. The molecule has 8 rings (SSSR count). The number of anilines is 1. The molecule has 1 N–H and O–H groups in total. The SMILES string of the molecule is CCOc1cc(/C=C2\SC(=Nc3cc4c5c(c3)[C@H](c3ccccc3)CCN5CC[C@H]4c3ccccc3)NC2=O)cc(I)c1OCc1ccc(Cl)cc1Cl. The van der Waals surface area contributed by atoms with Crippen molar-refractivity contribution in [1.29, 1.82) is 0 Å². The van der Waals surface area contributed by atoms with E-state index in [1.165, 1.54) is 39.7 Å². The van der Waals surface area contributed by atoms with Gasteiger partial charge in [0.2, 0.25) is 0 Å². The number of halogens is 3. The molecule has 3 aliphatic heterocycles. The second kappa shape index (κ2) is 15.8. The Morgan fingerprint density at radius 1 is 0.887 bits per heavy atom. The third-order valence-corrected chi connectivity index (χ3v) is 12.2. The number of benzene rings is 5. The van der Waals surface area contributed by atoms with Crippen molar-refractivity contribution in [3.05, 3.63) is 155 Å². The Kier molecular flexibility index (Phi) is 10.7. The number of thioether (sulfide) groups is 1. The van der Waals surface area contributed by atoms with E-state index in [-0.39, 0.29) is 24.3 Å².